The molecular formula is C17H24O. The van der Waals surface area contributed by atoms with Crippen LogP contribution in [0.25, 0.3) is 5.57 Å². The molecule has 1 aliphatic carbocycles. The average Bonchev–Trinajstić information content (AvgIpc) is 2.35. The lowest BCUT2D eigenvalue weighted by Gasteiger charge is -2.33. The minimum Gasteiger partial charge on any atom is -0.512 e. The Morgan fingerprint density at radius 3 is 1.78 bits per heavy atom. The molecule has 0 aromatic heterocycles. The molecule has 1 nitrogen and oxygen atoms in total. The van der Waals surface area contributed by atoms with Gasteiger partial charge in [-0.05, 0) is 79.5 Å². The molecule has 98 valence electrons. The first kappa shape index (κ1) is 13.2. The Labute approximate surface area is 111 Å². The predicted octanol–water partition coefficient (Wildman–Crippen LogP) is 4.96. The number of aliphatic hydroxyl groups is 1. The summed E-state index contributed by atoms with van der Waals surface area (Å²) in [6.07, 6.45) is 0. The zero-order valence-corrected chi connectivity index (χ0v) is 12.6. The second-order valence-corrected chi connectivity index (χ2v) is 5.88. The van der Waals surface area contributed by atoms with Gasteiger partial charge < -0.3 is 5.11 Å². The molecule has 0 radical (unpaired) electrons. The first-order chi connectivity index (χ1) is 8.29. The van der Waals surface area contributed by atoms with E-state index in [0.717, 1.165) is 5.57 Å². The quantitative estimate of drug-likeness (QED) is 0.683. The maximum absolute atomic E-state index is 10.3. The van der Waals surface area contributed by atoms with E-state index in [2.05, 4.69) is 48.5 Å². The summed E-state index contributed by atoms with van der Waals surface area (Å²) >= 11 is 0. The van der Waals surface area contributed by atoms with Crippen molar-refractivity contribution in [2.75, 3.05) is 0 Å². The molecule has 1 heteroatoms. The van der Waals surface area contributed by atoms with Crippen LogP contribution in [0.1, 0.15) is 60.1 Å². The Bertz CT molecular complexity index is 549. The number of rotatable bonds is 0. The van der Waals surface area contributed by atoms with Crippen molar-refractivity contribution >= 4 is 5.57 Å². The highest BCUT2D eigenvalue weighted by Gasteiger charge is 2.31. The maximum Gasteiger partial charge on any atom is 0.0991 e. The molecule has 0 saturated carbocycles. The molecule has 2 rings (SSSR count). The lowest BCUT2D eigenvalue weighted by molar-refractivity contribution is 0.316. The monoisotopic (exact) mass is 244 g/mol. The Kier molecular flexibility index (Phi) is 3.04. The van der Waals surface area contributed by atoms with E-state index in [1.807, 2.05) is 0 Å². The fraction of sp³-hybridized carbons (Fsp3) is 0.529. The molecule has 0 saturated heterocycles. The average molecular weight is 244 g/mol. The zero-order chi connectivity index (χ0) is 13.8. The highest BCUT2D eigenvalue weighted by molar-refractivity contribution is 5.76. The normalized spacial score (nSPS) is 23.3. The first-order valence-corrected chi connectivity index (χ1v) is 6.79. The van der Waals surface area contributed by atoms with E-state index < -0.39 is 0 Å². The van der Waals surface area contributed by atoms with Crippen LogP contribution in [-0.2, 0) is 0 Å². The van der Waals surface area contributed by atoms with Crippen LogP contribution < -0.4 is 0 Å². The van der Waals surface area contributed by atoms with Crippen molar-refractivity contribution in [3.8, 4) is 0 Å². The van der Waals surface area contributed by atoms with Gasteiger partial charge in [0, 0.05) is 5.92 Å². The molecule has 2 unspecified atom stereocenters. The van der Waals surface area contributed by atoms with Gasteiger partial charge in [0.05, 0.1) is 5.76 Å². The Morgan fingerprint density at radius 1 is 0.722 bits per heavy atom. The second-order valence-electron chi connectivity index (χ2n) is 5.88. The predicted molar refractivity (Wildman–Crippen MR) is 78.2 cm³/mol. The second kappa shape index (κ2) is 4.15. The van der Waals surface area contributed by atoms with Gasteiger partial charge in [0.2, 0.25) is 0 Å². The molecule has 0 aliphatic heterocycles. The molecule has 0 fully saturated rings. The van der Waals surface area contributed by atoms with E-state index in [0.29, 0.717) is 11.7 Å². The van der Waals surface area contributed by atoms with Crippen molar-refractivity contribution < 1.29 is 5.11 Å². The van der Waals surface area contributed by atoms with Crippen LogP contribution in [0.4, 0.5) is 0 Å². The molecule has 2 atom stereocenters. The SMILES string of the molecule is CC1=C(O)C(C)C(C)c2c(C)c(C)c(C)c(C)c21. The van der Waals surface area contributed by atoms with Crippen LogP contribution in [-0.4, -0.2) is 5.11 Å². The van der Waals surface area contributed by atoms with Gasteiger partial charge in [-0.1, -0.05) is 13.8 Å². The number of aliphatic hydroxyl groups excluding tert-OH is 1. The van der Waals surface area contributed by atoms with Gasteiger partial charge in [-0.25, -0.2) is 0 Å². The molecule has 0 spiro atoms. The Balaban J connectivity index is 2.92. The summed E-state index contributed by atoms with van der Waals surface area (Å²) in [5, 5.41) is 10.3. The highest BCUT2D eigenvalue weighted by Crippen LogP contribution is 2.45. The summed E-state index contributed by atoms with van der Waals surface area (Å²) in [6, 6.07) is 0. The third kappa shape index (κ3) is 1.53. The summed E-state index contributed by atoms with van der Waals surface area (Å²) in [6.45, 7) is 15.2. The molecule has 18 heavy (non-hydrogen) atoms. The van der Waals surface area contributed by atoms with Crippen molar-refractivity contribution in [1.82, 2.24) is 0 Å². The van der Waals surface area contributed by atoms with Crippen molar-refractivity contribution in [1.29, 1.82) is 0 Å². The van der Waals surface area contributed by atoms with E-state index in [4.69, 9.17) is 0 Å². The van der Waals surface area contributed by atoms with E-state index in [1.54, 1.807) is 0 Å². The third-order valence-electron chi connectivity index (χ3n) is 5.13. The maximum atomic E-state index is 10.3. The number of hydrogen-bond donors (Lipinski definition) is 1. The van der Waals surface area contributed by atoms with E-state index >= 15 is 0 Å². The molecule has 0 heterocycles. The van der Waals surface area contributed by atoms with Gasteiger partial charge in [-0.15, -0.1) is 0 Å². The van der Waals surface area contributed by atoms with Gasteiger partial charge in [-0.2, -0.15) is 0 Å². The lowest BCUT2D eigenvalue weighted by atomic mass is 9.72. The van der Waals surface area contributed by atoms with E-state index in [9.17, 15) is 5.11 Å². The molecule has 1 aliphatic rings. The van der Waals surface area contributed by atoms with Gasteiger partial charge in [0.1, 0.15) is 0 Å². The van der Waals surface area contributed by atoms with Gasteiger partial charge in [0.15, 0.2) is 0 Å². The first-order valence-electron chi connectivity index (χ1n) is 6.79. The molecular weight excluding hydrogens is 220 g/mol. The van der Waals surface area contributed by atoms with Crippen LogP contribution in [0.15, 0.2) is 5.76 Å². The van der Waals surface area contributed by atoms with Crippen molar-refractivity contribution in [2.45, 2.75) is 54.4 Å². The van der Waals surface area contributed by atoms with Gasteiger partial charge in [-0.3, -0.25) is 0 Å². The molecule has 1 aromatic rings. The third-order valence-corrected chi connectivity index (χ3v) is 5.13. The van der Waals surface area contributed by atoms with Gasteiger partial charge >= 0.3 is 0 Å². The number of fused-ring (bicyclic) bond motifs is 1. The topological polar surface area (TPSA) is 20.2 Å². The van der Waals surface area contributed by atoms with Crippen molar-refractivity contribution in [3.05, 3.63) is 39.1 Å². The number of hydrogen-bond acceptors (Lipinski definition) is 1. The summed E-state index contributed by atoms with van der Waals surface area (Å²) in [7, 11) is 0. The number of allylic oxidation sites excluding steroid dienone is 2. The fourth-order valence-electron chi connectivity index (χ4n) is 3.35. The molecule has 0 amide bonds. The largest absolute Gasteiger partial charge is 0.512 e. The van der Waals surface area contributed by atoms with Crippen LogP contribution in [0, 0.1) is 33.6 Å². The minimum absolute atomic E-state index is 0.220. The van der Waals surface area contributed by atoms with Crippen LogP contribution in [0.3, 0.4) is 0 Å². The summed E-state index contributed by atoms with van der Waals surface area (Å²) < 4.78 is 0. The van der Waals surface area contributed by atoms with Crippen molar-refractivity contribution in [2.24, 2.45) is 5.92 Å². The lowest BCUT2D eigenvalue weighted by Crippen LogP contribution is -2.20. The molecule has 1 N–H and O–H groups in total. The van der Waals surface area contributed by atoms with E-state index in [1.165, 1.54) is 33.4 Å². The molecule has 0 bridgehead atoms. The minimum atomic E-state index is 0.220. The smallest absolute Gasteiger partial charge is 0.0991 e. The standard InChI is InChI=1S/C17H24O/c1-8-9(2)11(4)16-14(7)17(18)13(6)12(5)15(16)10(8)3/h12-13,18H,1-7H3. The van der Waals surface area contributed by atoms with Crippen molar-refractivity contribution in [3.63, 3.8) is 0 Å². The summed E-state index contributed by atoms with van der Waals surface area (Å²) in [4.78, 5) is 0. The zero-order valence-electron chi connectivity index (χ0n) is 12.6. The van der Waals surface area contributed by atoms with Crippen LogP contribution >= 0.6 is 0 Å². The van der Waals surface area contributed by atoms with E-state index in [-0.39, 0.29) is 5.92 Å². The summed E-state index contributed by atoms with van der Waals surface area (Å²) in [5.41, 5.74) is 9.30. The number of benzene rings is 1. The molecule has 1 aromatic carbocycles. The van der Waals surface area contributed by atoms with Crippen LogP contribution in [0.5, 0.6) is 0 Å². The fourth-order valence-corrected chi connectivity index (χ4v) is 3.35. The Morgan fingerprint density at radius 2 is 1.22 bits per heavy atom. The Hall–Kier alpha value is -1.24. The summed E-state index contributed by atoms with van der Waals surface area (Å²) in [5.74, 6) is 1.18. The highest BCUT2D eigenvalue weighted by atomic mass is 16.3. The van der Waals surface area contributed by atoms with Crippen LogP contribution in [0.2, 0.25) is 0 Å². The van der Waals surface area contributed by atoms with Gasteiger partial charge in [0.25, 0.3) is 0 Å².